The van der Waals surface area contributed by atoms with Crippen LogP contribution in [0.2, 0.25) is 0 Å². The van der Waals surface area contributed by atoms with Crippen molar-refractivity contribution in [2.24, 2.45) is 0 Å². The fourth-order valence-electron chi connectivity index (χ4n) is 4.05. The second-order valence-electron chi connectivity index (χ2n) is 8.78. The van der Waals surface area contributed by atoms with E-state index in [-0.39, 0.29) is 23.6 Å². The Kier molecular flexibility index (Phi) is 5.18. The molecule has 0 spiro atoms. The fraction of sp³-hybridized carbons (Fsp3) is 0.333. The first kappa shape index (κ1) is 21.5. The number of ether oxygens (including phenoxy) is 2. The van der Waals surface area contributed by atoms with Crippen LogP contribution in [0, 0.1) is 6.92 Å². The lowest BCUT2D eigenvalue weighted by atomic mass is 9.95. The maximum atomic E-state index is 13.3. The van der Waals surface area contributed by atoms with E-state index >= 15 is 0 Å². The summed E-state index contributed by atoms with van der Waals surface area (Å²) >= 11 is 1.33. The lowest BCUT2D eigenvalue weighted by Crippen LogP contribution is -2.32. The number of nitrogens with zero attached hydrogens (tertiary/aromatic N) is 3. The molecule has 4 heterocycles. The minimum atomic E-state index is -0.305. The van der Waals surface area contributed by atoms with E-state index in [0.29, 0.717) is 34.1 Å². The molecule has 1 aliphatic rings. The van der Waals surface area contributed by atoms with Crippen LogP contribution in [0.5, 0.6) is 5.75 Å². The van der Waals surface area contributed by atoms with Gasteiger partial charge in [-0.2, -0.15) is 0 Å². The van der Waals surface area contributed by atoms with Crippen molar-refractivity contribution in [2.45, 2.75) is 45.9 Å². The van der Waals surface area contributed by atoms with Crippen molar-refractivity contribution in [3.05, 3.63) is 57.8 Å². The Balaban J connectivity index is 1.49. The molecule has 0 atom stereocenters. The molecule has 3 aromatic heterocycles. The average molecular weight is 465 g/mol. The summed E-state index contributed by atoms with van der Waals surface area (Å²) in [6.45, 7) is 6.20. The molecule has 1 aromatic carbocycles. The first-order chi connectivity index (χ1) is 15.7. The molecule has 9 heteroatoms. The van der Waals surface area contributed by atoms with Crippen molar-refractivity contribution in [3.63, 3.8) is 0 Å². The largest absolute Gasteiger partial charge is 0.497 e. The second-order valence-corrected chi connectivity index (χ2v) is 9.78. The standard InChI is InChI=1S/C24H24N4O4S/c1-13-25-20-17-9-14-12-32-24(2,3)10-18(14)27-22(17)33-21(20)23(30)28(13)11-19(29)26-15-5-7-16(31-4)8-6-15/h5-9H,10-12H2,1-4H3,(H,26,29). The van der Waals surface area contributed by atoms with Crippen LogP contribution >= 0.6 is 11.3 Å². The van der Waals surface area contributed by atoms with Gasteiger partial charge in [0.25, 0.3) is 5.56 Å². The SMILES string of the molecule is COc1ccc(NC(=O)Cn2c(C)nc3c(sc4nc5c(cc43)COC(C)(C)C5)c2=O)cc1. The van der Waals surface area contributed by atoms with Crippen molar-refractivity contribution in [2.75, 3.05) is 12.4 Å². The van der Waals surface area contributed by atoms with Crippen molar-refractivity contribution < 1.29 is 14.3 Å². The van der Waals surface area contributed by atoms with Gasteiger partial charge in [-0.05, 0) is 51.1 Å². The van der Waals surface area contributed by atoms with Crippen molar-refractivity contribution in [3.8, 4) is 5.75 Å². The van der Waals surface area contributed by atoms with Crippen LogP contribution in [0.1, 0.15) is 30.9 Å². The molecule has 5 rings (SSSR count). The zero-order valence-corrected chi connectivity index (χ0v) is 19.7. The molecular formula is C24H24N4O4S. The highest BCUT2D eigenvalue weighted by atomic mass is 32.1. The highest BCUT2D eigenvalue weighted by Crippen LogP contribution is 2.34. The Labute approximate surface area is 194 Å². The maximum absolute atomic E-state index is 13.3. The Morgan fingerprint density at radius 3 is 2.76 bits per heavy atom. The highest BCUT2D eigenvalue weighted by molar-refractivity contribution is 7.25. The number of hydrogen-bond donors (Lipinski definition) is 1. The number of hydrogen-bond acceptors (Lipinski definition) is 7. The van der Waals surface area contributed by atoms with Gasteiger partial charge in [0.1, 0.15) is 27.6 Å². The Morgan fingerprint density at radius 1 is 1.27 bits per heavy atom. The number of anilines is 1. The van der Waals surface area contributed by atoms with Gasteiger partial charge in [0.05, 0.1) is 30.5 Å². The van der Waals surface area contributed by atoms with E-state index in [2.05, 4.69) is 10.3 Å². The molecule has 1 aliphatic heterocycles. The van der Waals surface area contributed by atoms with Crippen molar-refractivity contribution in [1.82, 2.24) is 14.5 Å². The van der Waals surface area contributed by atoms with Crippen LogP contribution in [0.25, 0.3) is 20.4 Å². The van der Waals surface area contributed by atoms with Crippen LogP contribution < -0.4 is 15.6 Å². The van der Waals surface area contributed by atoms with Crippen molar-refractivity contribution >= 4 is 43.4 Å². The molecule has 0 saturated heterocycles. The molecule has 0 bridgehead atoms. The quantitative estimate of drug-likeness (QED) is 0.493. The number of carbonyl (C=O) groups is 1. The molecule has 4 aromatic rings. The molecule has 1 N–H and O–H groups in total. The zero-order valence-electron chi connectivity index (χ0n) is 18.9. The number of carbonyl (C=O) groups excluding carboxylic acids is 1. The van der Waals surface area contributed by atoms with Crippen LogP contribution in [0.3, 0.4) is 0 Å². The normalized spacial score (nSPS) is 14.9. The molecule has 170 valence electrons. The topological polar surface area (TPSA) is 95.3 Å². The van der Waals surface area contributed by atoms with E-state index < -0.39 is 0 Å². The molecule has 0 fully saturated rings. The van der Waals surface area contributed by atoms with Gasteiger partial charge in [-0.1, -0.05) is 0 Å². The summed E-state index contributed by atoms with van der Waals surface area (Å²) in [5, 5.41) is 3.66. The number of methoxy groups -OCH3 is 1. The van der Waals surface area contributed by atoms with Gasteiger partial charge in [0.15, 0.2) is 0 Å². The van der Waals surface area contributed by atoms with Gasteiger partial charge in [-0.3, -0.25) is 14.2 Å². The number of aryl methyl sites for hydroxylation is 1. The van der Waals surface area contributed by atoms with Crippen molar-refractivity contribution in [1.29, 1.82) is 0 Å². The van der Waals surface area contributed by atoms with Crippen LogP contribution in [-0.4, -0.2) is 33.2 Å². The predicted molar refractivity (Wildman–Crippen MR) is 128 cm³/mol. The summed E-state index contributed by atoms with van der Waals surface area (Å²) in [5.41, 5.74) is 2.79. The number of pyridine rings is 1. The monoisotopic (exact) mass is 464 g/mol. The van der Waals surface area contributed by atoms with Gasteiger partial charge in [0, 0.05) is 23.1 Å². The number of nitrogens with one attached hydrogen (secondary N) is 1. The lowest BCUT2D eigenvalue weighted by Gasteiger charge is -2.30. The summed E-state index contributed by atoms with van der Waals surface area (Å²) in [7, 11) is 1.58. The van der Waals surface area contributed by atoms with Gasteiger partial charge in [-0.25, -0.2) is 9.97 Å². The Hall–Kier alpha value is -3.30. The Bertz CT molecular complexity index is 1450. The third-order valence-electron chi connectivity index (χ3n) is 5.82. The molecule has 0 saturated carbocycles. The summed E-state index contributed by atoms with van der Waals surface area (Å²) in [5.74, 6) is 0.873. The number of benzene rings is 1. The third kappa shape index (κ3) is 3.98. The van der Waals surface area contributed by atoms with E-state index in [9.17, 15) is 9.59 Å². The van der Waals surface area contributed by atoms with E-state index in [1.807, 2.05) is 19.9 Å². The molecule has 0 radical (unpaired) electrons. The van der Waals surface area contributed by atoms with E-state index in [0.717, 1.165) is 27.9 Å². The third-order valence-corrected chi connectivity index (χ3v) is 6.89. The molecule has 33 heavy (non-hydrogen) atoms. The number of thiophene rings is 1. The Morgan fingerprint density at radius 2 is 2.03 bits per heavy atom. The molecule has 0 unspecified atom stereocenters. The molecule has 1 amide bonds. The highest BCUT2D eigenvalue weighted by Gasteiger charge is 2.28. The van der Waals surface area contributed by atoms with Gasteiger partial charge in [0.2, 0.25) is 5.91 Å². The van der Waals surface area contributed by atoms with Gasteiger partial charge >= 0.3 is 0 Å². The first-order valence-corrected chi connectivity index (χ1v) is 11.5. The van der Waals surface area contributed by atoms with E-state index in [1.54, 1.807) is 38.3 Å². The fourth-order valence-corrected chi connectivity index (χ4v) is 5.11. The number of aromatic nitrogens is 3. The zero-order chi connectivity index (χ0) is 23.3. The molecule has 8 nitrogen and oxygen atoms in total. The van der Waals surface area contributed by atoms with E-state index in [1.165, 1.54) is 15.9 Å². The minimum absolute atomic E-state index is 0.125. The lowest BCUT2D eigenvalue weighted by molar-refractivity contribution is -0.116. The minimum Gasteiger partial charge on any atom is -0.497 e. The maximum Gasteiger partial charge on any atom is 0.272 e. The number of rotatable bonds is 4. The predicted octanol–water partition coefficient (Wildman–Crippen LogP) is 3.81. The molecular weight excluding hydrogens is 440 g/mol. The first-order valence-electron chi connectivity index (χ1n) is 10.6. The van der Waals surface area contributed by atoms with Crippen LogP contribution in [-0.2, 0) is 29.1 Å². The van der Waals surface area contributed by atoms with E-state index in [4.69, 9.17) is 14.5 Å². The summed E-state index contributed by atoms with van der Waals surface area (Å²) in [4.78, 5) is 36.2. The second kappa shape index (κ2) is 7.93. The van der Waals surface area contributed by atoms with Gasteiger partial charge in [-0.15, -0.1) is 11.3 Å². The van der Waals surface area contributed by atoms with Crippen LogP contribution in [0.4, 0.5) is 5.69 Å². The number of fused-ring (bicyclic) bond motifs is 4. The smallest absolute Gasteiger partial charge is 0.272 e. The number of amides is 1. The summed E-state index contributed by atoms with van der Waals surface area (Å²) in [6, 6.07) is 9.06. The van der Waals surface area contributed by atoms with Crippen LogP contribution in [0.15, 0.2) is 35.1 Å². The summed E-state index contributed by atoms with van der Waals surface area (Å²) in [6.07, 6.45) is 0.717. The summed E-state index contributed by atoms with van der Waals surface area (Å²) < 4.78 is 13.0. The van der Waals surface area contributed by atoms with Gasteiger partial charge < -0.3 is 14.8 Å². The molecule has 0 aliphatic carbocycles. The average Bonchev–Trinajstić information content (AvgIpc) is 3.12.